The lowest BCUT2D eigenvalue weighted by Gasteiger charge is -2.13. The van der Waals surface area contributed by atoms with Gasteiger partial charge in [0.15, 0.2) is 0 Å². The van der Waals surface area contributed by atoms with E-state index in [1.807, 2.05) is 67.6 Å². The zero-order valence-electron chi connectivity index (χ0n) is 23.6. The molecule has 2 heterocycles. The maximum absolute atomic E-state index is 13.2. The maximum Gasteiger partial charge on any atom is 0.341 e. The summed E-state index contributed by atoms with van der Waals surface area (Å²) in [5, 5.41) is 14.1. The van der Waals surface area contributed by atoms with Gasteiger partial charge in [0, 0.05) is 16.0 Å². The highest BCUT2D eigenvalue weighted by molar-refractivity contribution is 8.00. The first-order valence-corrected chi connectivity index (χ1v) is 15.8. The molecule has 9 heteroatoms. The van der Waals surface area contributed by atoms with Crippen LogP contribution in [-0.2, 0) is 22.4 Å². The third-order valence-corrected chi connectivity index (χ3v) is 9.07. The molecule has 0 aliphatic heterocycles. The van der Waals surface area contributed by atoms with Crippen LogP contribution in [0.3, 0.4) is 0 Å². The van der Waals surface area contributed by atoms with E-state index in [4.69, 9.17) is 14.5 Å². The molecule has 5 rings (SSSR count). The van der Waals surface area contributed by atoms with Gasteiger partial charge in [0.25, 0.3) is 0 Å². The standard InChI is InChI=1S/C33H31N3O4S2/c1-3-39-23-16-14-22(15-17-23)27-18-25(21-10-6-5-7-11-21)26(19-34)31(35-27)41-20-29(37)36-32-30(33(38)40-4-2)24-12-8-9-13-28(24)42-32/h5-7,10-11,14-18H,3-4,8-9,12-13,20H2,1-2H3,(H,36,37). The molecule has 1 aliphatic rings. The number of rotatable bonds is 10. The Morgan fingerprint density at radius 3 is 2.50 bits per heavy atom. The van der Waals surface area contributed by atoms with Gasteiger partial charge in [-0.2, -0.15) is 5.26 Å². The summed E-state index contributed by atoms with van der Waals surface area (Å²) >= 11 is 2.66. The zero-order valence-corrected chi connectivity index (χ0v) is 25.2. The van der Waals surface area contributed by atoms with E-state index in [2.05, 4.69) is 11.4 Å². The summed E-state index contributed by atoms with van der Waals surface area (Å²) < 4.78 is 10.9. The van der Waals surface area contributed by atoms with Crippen LogP contribution in [0.2, 0.25) is 0 Å². The lowest BCUT2D eigenvalue weighted by atomic mass is 9.95. The number of aryl methyl sites for hydroxylation is 1. The van der Waals surface area contributed by atoms with Crippen molar-refractivity contribution in [2.45, 2.75) is 44.6 Å². The third-order valence-electron chi connectivity index (χ3n) is 6.89. The van der Waals surface area contributed by atoms with Crippen LogP contribution < -0.4 is 10.1 Å². The van der Waals surface area contributed by atoms with Crippen LogP contribution in [0, 0.1) is 11.3 Å². The average molecular weight is 598 g/mol. The number of nitrogens with zero attached hydrogens (tertiary/aromatic N) is 2. The highest BCUT2D eigenvalue weighted by Crippen LogP contribution is 2.39. The molecule has 0 saturated heterocycles. The van der Waals surface area contributed by atoms with E-state index in [1.54, 1.807) is 6.92 Å². The van der Waals surface area contributed by atoms with Gasteiger partial charge < -0.3 is 14.8 Å². The molecule has 0 bridgehead atoms. The van der Waals surface area contributed by atoms with Gasteiger partial charge in [0.2, 0.25) is 5.91 Å². The van der Waals surface area contributed by atoms with Gasteiger partial charge in [-0.25, -0.2) is 9.78 Å². The predicted octanol–water partition coefficient (Wildman–Crippen LogP) is 7.53. The van der Waals surface area contributed by atoms with Gasteiger partial charge in [-0.1, -0.05) is 42.1 Å². The molecule has 0 radical (unpaired) electrons. The van der Waals surface area contributed by atoms with Gasteiger partial charge in [-0.05, 0) is 81.0 Å². The Bertz CT molecular complexity index is 1630. The first-order chi connectivity index (χ1) is 20.5. The van der Waals surface area contributed by atoms with E-state index in [-0.39, 0.29) is 18.3 Å². The van der Waals surface area contributed by atoms with Crippen molar-refractivity contribution in [2.24, 2.45) is 0 Å². The highest BCUT2D eigenvalue weighted by Gasteiger charge is 2.27. The molecule has 42 heavy (non-hydrogen) atoms. The second kappa shape index (κ2) is 13.7. The number of hydrogen-bond acceptors (Lipinski definition) is 8. The van der Waals surface area contributed by atoms with Crippen molar-refractivity contribution in [3.63, 3.8) is 0 Å². The Labute approximate surface area is 253 Å². The summed E-state index contributed by atoms with van der Waals surface area (Å²) in [7, 11) is 0. The van der Waals surface area contributed by atoms with Crippen molar-refractivity contribution < 1.29 is 19.1 Å². The third kappa shape index (κ3) is 6.51. The van der Waals surface area contributed by atoms with E-state index in [9.17, 15) is 14.9 Å². The molecule has 0 unspecified atom stereocenters. The largest absolute Gasteiger partial charge is 0.494 e. The topological polar surface area (TPSA) is 101 Å². The lowest BCUT2D eigenvalue weighted by molar-refractivity contribution is -0.113. The Hall–Kier alpha value is -4.13. The monoisotopic (exact) mass is 597 g/mol. The smallest absolute Gasteiger partial charge is 0.341 e. The molecule has 0 saturated carbocycles. The van der Waals surface area contributed by atoms with E-state index in [0.29, 0.717) is 33.5 Å². The Morgan fingerprint density at radius 1 is 1.02 bits per heavy atom. The number of carbonyl (C=O) groups excluding carboxylic acids is 2. The summed E-state index contributed by atoms with van der Waals surface area (Å²) in [6.07, 6.45) is 3.78. The maximum atomic E-state index is 13.2. The molecule has 214 valence electrons. The van der Waals surface area contributed by atoms with Gasteiger partial charge >= 0.3 is 5.97 Å². The minimum atomic E-state index is -0.399. The molecule has 1 amide bonds. The summed E-state index contributed by atoms with van der Waals surface area (Å²) in [6, 6.07) is 21.6. The average Bonchev–Trinajstić information content (AvgIpc) is 3.38. The molecular weight excluding hydrogens is 567 g/mol. The fourth-order valence-corrected chi connectivity index (χ4v) is 7.08. The number of nitrogens with one attached hydrogen (secondary N) is 1. The molecule has 4 aromatic rings. The van der Waals surface area contributed by atoms with Crippen molar-refractivity contribution in [1.82, 2.24) is 4.98 Å². The van der Waals surface area contributed by atoms with E-state index < -0.39 is 5.97 Å². The molecule has 7 nitrogen and oxygen atoms in total. The second-order valence-electron chi connectivity index (χ2n) is 9.64. The van der Waals surface area contributed by atoms with Gasteiger partial charge in [0.1, 0.15) is 21.8 Å². The van der Waals surface area contributed by atoms with Crippen molar-refractivity contribution in [1.29, 1.82) is 5.26 Å². The SMILES string of the molecule is CCOC(=O)c1c(NC(=O)CSc2nc(-c3ccc(OCC)cc3)cc(-c3ccccc3)c2C#N)sc2c1CCCC2. The van der Waals surface area contributed by atoms with Crippen LogP contribution in [0.1, 0.15) is 53.1 Å². The molecular formula is C33H31N3O4S2. The first-order valence-electron chi connectivity index (χ1n) is 14.0. The number of benzene rings is 2. The number of pyridine rings is 1. The predicted molar refractivity (Wildman–Crippen MR) is 167 cm³/mol. The number of thiophene rings is 1. The number of amides is 1. The minimum absolute atomic E-state index is 0.0213. The molecule has 0 atom stereocenters. The molecule has 1 aliphatic carbocycles. The normalized spacial score (nSPS) is 12.2. The minimum Gasteiger partial charge on any atom is -0.494 e. The van der Waals surface area contributed by atoms with Crippen LogP contribution >= 0.6 is 23.1 Å². The number of esters is 1. The zero-order chi connectivity index (χ0) is 29.5. The van der Waals surface area contributed by atoms with Crippen molar-refractivity contribution in [3.8, 4) is 34.2 Å². The van der Waals surface area contributed by atoms with Crippen LogP contribution in [-0.4, -0.2) is 35.8 Å². The number of nitriles is 1. The first kappa shape index (κ1) is 29.4. The summed E-state index contributed by atoms with van der Waals surface area (Å²) in [5.41, 5.74) is 5.08. The number of hydrogen-bond donors (Lipinski definition) is 1. The molecule has 0 spiro atoms. The van der Waals surface area contributed by atoms with Gasteiger partial charge in [-0.15, -0.1) is 11.3 Å². The highest BCUT2D eigenvalue weighted by atomic mass is 32.2. The van der Waals surface area contributed by atoms with Crippen LogP contribution in [0.15, 0.2) is 65.7 Å². The van der Waals surface area contributed by atoms with E-state index in [1.165, 1.54) is 23.1 Å². The molecule has 2 aromatic heterocycles. The van der Waals surface area contributed by atoms with Crippen LogP contribution in [0.5, 0.6) is 5.75 Å². The Kier molecular flexibility index (Phi) is 9.57. The Balaban J connectivity index is 1.44. The van der Waals surface area contributed by atoms with Crippen molar-refractivity contribution in [2.75, 3.05) is 24.3 Å². The van der Waals surface area contributed by atoms with Crippen molar-refractivity contribution in [3.05, 3.63) is 82.2 Å². The lowest BCUT2D eigenvalue weighted by Crippen LogP contribution is -2.17. The number of carbonyl (C=O) groups is 2. The number of fused-ring (bicyclic) bond motifs is 1. The van der Waals surface area contributed by atoms with Gasteiger partial charge in [0.05, 0.1) is 35.8 Å². The molecule has 0 fully saturated rings. The van der Waals surface area contributed by atoms with Crippen LogP contribution in [0.4, 0.5) is 5.00 Å². The summed E-state index contributed by atoms with van der Waals surface area (Å²) in [6.45, 7) is 4.55. The van der Waals surface area contributed by atoms with Gasteiger partial charge in [-0.3, -0.25) is 4.79 Å². The number of ether oxygens (including phenoxy) is 2. The fourth-order valence-electron chi connectivity index (χ4n) is 4.99. The van der Waals surface area contributed by atoms with Crippen molar-refractivity contribution >= 4 is 40.0 Å². The quantitative estimate of drug-likeness (QED) is 0.149. The summed E-state index contributed by atoms with van der Waals surface area (Å²) in [4.78, 5) is 32.0. The second-order valence-corrected chi connectivity index (χ2v) is 11.7. The molecule has 2 aromatic carbocycles. The van der Waals surface area contributed by atoms with E-state index >= 15 is 0 Å². The fraction of sp³-hybridized carbons (Fsp3) is 0.273. The number of aromatic nitrogens is 1. The molecule has 1 N–H and O–H groups in total. The summed E-state index contributed by atoms with van der Waals surface area (Å²) in [5.74, 6) is 0.112. The number of thioether (sulfide) groups is 1. The van der Waals surface area contributed by atoms with Crippen LogP contribution in [0.25, 0.3) is 22.4 Å². The van der Waals surface area contributed by atoms with E-state index in [0.717, 1.165) is 58.6 Å². The Morgan fingerprint density at radius 2 is 1.79 bits per heavy atom. The number of anilines is 1.